The highest BCUT2D eigenvalue weighted by molar-refractivity contribution is 5.99. The van der Waals surface area contributed by atoms with Crippen LogP contribution >= 0.6 is 0 Å². The standard InChI is InChI=1S/C16H23N3O3/c1-9(2)18-15(21)13-7-11(17)8-19(13)16(22)12-5-4-6-14(20)10(12)3/h4-6,9,11,13,20H,7-8,17H2,1-3H3,(H,18,21)/t11-,13-/m0/s1. The molecule has 2 atom stereocenters. The summed E-state index contributed by atoms with van der Waals surface area (Å²) in [6, 6.07) is 4.03. The summed E-state index contributed by atoms with van der Waals surface area (Å²) in [5, 5.41) is 12.6. The maximum absolute atomic E-state index is 12.7. The molecule has 2 rings (SSSR count). The second-order valence-corrected chi connectivity index (χ2v) is 6.08. The van der Waals surface area contributed by atoms with E-state index in [-0.39, 0.29) is 29.6 Å². The van der Waals surface area contributed by atoms with Gasteiger partial charge in [0, 0.05) is 29.8 Å². The molecular formula is C16H23N3O3. The van der Waals surface area contributed by atoms with Crippen molar-refractivity contribution in [2.75, 3.05) is 6.54 Å². The molecule has 0 spiro atoms. The van der Waals surface area contributed by atoms with Gasteiger partial charge < -0.3 is 21.1 Å². The van der Waals surface area contributed by atoms with E-state index >= 15 is 0 Å². The minimum absolute atomic E-state index is 0.00350. The van der Waals surface area contributed by atoms with Crippen LogP contribution in [-0.4, -0.2) is 46.5 Å². The van der Waals surface area contributed by atoms with Crippen LogP contribution < -0.4 is 11.1 Å². The topological polar surface area (TPSA) is 95.7 Å². The number of hydrogen-bond acceptors (Lipinski definition) is 4. The summed E-state index contributed by atoms with van der Waals surface area (Å²) in [5.41, 5.74) is 6.85. The third-order valence-corrected chi connectivity index (χ3v) is 3.86. The Morgan fingerprint density at radius 3 is 2.73 bits per heavy atom. The Bertz CT molecular complexity index is 586. The summed E-state index contributed by atoms with van der Waals surface area (Å²) in [6.07, 6.45) is 0.447. The molecule has 6 heteroatoms. The molecule has 22 heavy (non-hydrogen) atoms. The van der Waals surface area contributed by atoms with Gasteiger partial charge in [-0.2, -0.15) is 0 Å². The first-order valence-electron chi connectivity index (χ1n) is 7.46. The number of carbonyl (C=O) groups is 2. The van der Waals surface area contributed by atoms with E-state index in [9.17, 15) is 14.7 Å². The molecular weight excluding hydrogens is 282 g/mol. The van der Waals surface area contributed by atoms with Crippen LogP contribution in [0.5, 0.6) is 5.75 Å². The first-order valence-corrected chi connectivity index (χ1v) is 7.46. The van der Waals surface area contributed by atoms with Gasteiger partial charge in [-0.25, -0.2) is 0 Å². The van der Waals surface area contributed by atoms with Crippen LogP contribution in [0.1, 0.15) is 36.2 Å². The number of nitrogens with two attached hydrogens (primary N) is 1. The molecule has 0 bridgehead atoms. The van der Waals surface area contributed by atoms with Crippen LogP contribution in [0.25, 0.3) is 0 Å². The number of carbonyl (C=O) groups excluding carboxylic acids is 2. The van der Waals surface area contributed by atoms with Crippen molar-refractivity contribution in [3.63, 3.8) is 0 Å². The van der Waals surface area contributed by atoms with Gasteiger partial charge in [-0.1, -0.05) is 6.07 Å². The smallest absolute Gasteiger partial charge is 0.254 e. The highest BCUT2D eigenvalue weighted by Crippen LogP contribution is 2.25. The summed E-state index contributed by atoms with van der Waals surface area (Å²) >= 11 is 0. The van der Waals surface area contributed by atoms with E-state index in [1.165, 1.54) is 11.0 Å². The Kier molecular flexibility index (Phi) is 4.71. The molecule has 2 amide bonds. The zero-order valence-electron chi connectivity index (χ0n) is 13.2. The minimum atomic E-state index is -0.563. The van der Waals surface area contributed by atoms with Crippen LogP contribution in [0.15, 0.2) is 18.2 Å². The Morgan fingerprint density at radius 2 is 2.09 bits per heavy atom. The number of phenolic OH excluding ortho intramolecular Hbond substituents is 1. The van der Waals surface area contributed by atoms with E-state index < -0.39 is 6.04 Å². The number of hydrogen-bond donors (Lipinski definition) is 3. The first-order chi connectivity index (χ1) is 10.3. The van der Waals surface area contributed by atoms with Gasteiger partial charge in [0.15, 0.2) is 0 Å². The van der Waals surface area contributed by atoms with Crippen LogP contribution in [-0.2, 0) is 4.79 Å². The quantitative estimate of drug-likeness (QED) is 0.768. The fraction of sp³-hybridized carbons (Fsp3) is 0.500. The average Bonchev–Trinajstić information content (AvgIpc) is 2.82. The van der Waals surface area contributed by atoms with Gasteiger partial charge in [-0.3, -0.25) is 9.59 Å². The molecule has 0 saturated carbocycles. The Hall–Kier alpha value is -2.08. The fourth-order valence-corrected chi connectivity index (χ4v) is 2.73. The van der Waals surface area contributed by atoms with Crippen LogP contribution in [0.3, 0.4) is 0 Å². The largest absolute Gasteiger partial charge is 0.508 e. The van der Waals surface area contributed by atoms with Crippen molar-refractivity contribution >= 4 is 11.8 Å². The number of rotatable bonds is 3. The lowest BCUT2D eigenvalue weighted by Gasteiger charge is -2.25. The van der Waals surface area contributed by atoms with Crippen molar-refractivity contribution in [2.24, 2.45) is 5.73 Å². The summed E-state index contributed by atoms with van der Waals surface area (Å²) in [5.74, 6) is -0.392. The normalized spacial score (nSPS) is 21.2. The Morgan fingerprint density at radius 1 is 1.41 bits per heavy atom. The predicted octanol–water partition coefficient (Wildman–Crippen LogP) is 0.767. The van der Waals surface area contributed by atoms with Crippen molar-refractivity contribution in [3.8, 4) is 5.75 Å². The van der Waals surface area contributed by atoms with E-state index in [1.54, 1.807) is 19.1 Å². The highest BCUT2D eigenvalue weighted by Gasteiger charge is 2.39. The SMILES string of the molecule is Cc1c(O)cccc1C(=O)N1C[C@@H](N)C[C@H]1C(=O)NC(C)C. The zero-order chi connectivity index (χ0) is 16.4. The maximum Gasteiger partial charge on any atom is 0.254 e. The molecule has 0 aromatic heterocycles. The first kappa shape index (κ1) is 16.3. The van der Waals surface area contributed by atoms with Crippen LogP contribution in [0.4, 0.5) is 0 Å². The van der Waals surface area contributed by atoms with Crippen LogP contribution in [0, 0.1) is 6.92 Å². The predicted molar refractivity (Wildman–Crippen MR) is 83.5 cm³/mol. The minimum Gasteiger partial charge on any atom is -0.508 e. The van der Waals surface area contributed by atoms with Crippen molar-refractivity contribution < 1.29 is 14.7 Å². The number of aromatic hydroxyl groups is 1. The van der Waals surface area contributed by atoms with Gasteiger partial charge >= 0.3 is 0 Å². The molecule has 1 heterocycles. The molecule has 1 aromatic carbocycles. The molecule has 1 aliphatic heterocycles. The van der Waals surface area contributed by atoms with Gasteiger partial charge in [0.1, 0.15) is 11.8 Å². The number of amides is 2. The number of likely N-dealkylation sites (tertiary alicyclic amines) is 1. The van der Waals surface area contributed by atoms with E-state index in [2.05, 4.69) is 5.32 Å². The molecule has 0 radical (unpaired) electrons. The molecule has 120 valence electrons. The van der Waals surface area contributed by atoms with Gasteiger partial charge in [0.2, 0.25) is 5.91 Å². The van der Waals surface area contributed by atoms with Crippen molar-refractivity contribution in [1.82, 2.24) is 10.2 Å². The lowest BCUT2D eigenvalue weighted by molar-refractivity contribution is -0.125. The van der Waals surface area contributed by atoms with Gasteiger partial charge in [0.25, 0.3) is 5.91 Å². The third kappa shape index (κ3) is 3.22. The molecule has 0 unspecified atom stereocenters. The van der Waals surface area contributed by atoms with Gasteiger partial charge in [0.05, 0.1) is 0 Å². The molecule has 1 fully saturated rings. The highest BCUT2D eigenvalue weighted by atomic mass is 16.3. The molecule has 1 aliphatic rings. The Balaban J connectivity index is 2.26. The second-order valence-electron chi connectivity index (χ2n) is 6.08. The lowest BCUT2D eigenvalue weighted by Crippen LogP contribution is -2.47. The van der Waals surface area contributed by atoms with Crippen molar-refractivity contribution in [1.29, 1.82) is 0 Å². The molecule has 4 N–H and O–H groups in total. The van der Waals surface area contributed by atoms with E-state index in [1.807, 2.05) is 13.8 Å². The van der Waals surface area contributed by atoms with E-state index in [0.29, 0.717) is 24.1 Å². The third-order valence-electron chi connectivity index (χ3n) is 3.86. The summed E-state index contributed by atoms with van der Waals surface area (Å²) in [4.78, 5) is 26.5. The maximum atomic E-state index is 12.7. The molecule has 0 aliphatic carbocycles. The number of benzene rings is 1. The van der Waals surface area contributed by atoms with E-state index in [4.69, 9.17) is 5.73 Å². The Labute approximate surface area is 130 Å². The van der Waals surface area contributed by atoms with E-state index in [0.717, 1.165) is 0 Å². The van der Waals surface area contributed by atoms with Crippen LogP contribution in [0.2, 0.25) is 0 Å². The fourth-order valence-electron chi connectivity index (χ4n) is 2.73. The van der Waals surface area contributed by atoms with Crippen molar-refractivity contribution in [3.05, 3.63) is 29.3 Å². The summed E-state index contributed by atoms with van der Waals surface area (Å²) < 4.78 is 0. The van der Waals surface area contributed by atoms with Gasteiger partial charge in [-0.15, -0.1) is 0 Å². The lowest BCUT2D eigenvalue weighted by atomic mass is 10.1. The van der Waals surface area contributed by atoms with Crippen molar-refractivity contribution in [2.45, 2.75) is 45.3 Å². The zero-order valence-corrected chi connectivity index (χ0v) is 13.2. The number of phenols is 1. The van der Waals surface area contributed by atoms with Gasteiger partial charge in [-0.05, 0) is 39.3 Å². The summed E-state index contributed by atoms with van der Waals surface area (Å²) in [6.45, 7) is 5.77. The summed E-state index contributed by atoms with van der Waals surface area (Å²) in [7, 11) is 0. The number of nitrogens with one attached hydrogen (secondary N) is 1. The second kappa shape index (κ2) is 6.36. The molecule has 1 aromatic rings. The average molecular weight is 305 g/mol. The molecule has 6 nitrogen and oxygen atoms in total. The number of nitrogens with zero attached hydrogens (tertiary/aromatic N) is 1. The molecule has 1 saturated heterocycles. The monoisotopic (exact) mass is 305 g/mol.